The minimum atomic E-state index is -0.406. The van der Waals surface area contributed by atoms with E-state index in [0.29, 0.717) is 12.3 Å². The summed E-state index contributed by atoms with van der Waals surface area (Å²) in [5.74, 6) is -0.406. The van der Waals surface area contributed by atoms with Crippen LogP contribution in [0.25, 0.3) is 11.0 Å². The van der Waals surface area contributed by atoms with Crippen molar-refractivity contribution in [3.63, 3.8) is 0 Å². The van der Waals surface area contributed by atoms with Gasteiger partial charge in [0, 0.05) is 13.2 Å². The zero-order chi connectivity index (χ0) is 10.8. The Kier molecular flexibility index (Phi) is 2.37. The Morgan fingerprint density at radius 3 is 3.07 bits per heavy atom. The first-order valence-electron chi connectivity index (χ1n) is 4.67. The van der Waals surface area contributed by atoms with Crippen LogP contribution in [0.15, 0.2) is 18.6 Å². The Morgan fingerprint density at radius 2 is 2.33 bits per heavy atom. The smallest absolute Gasteiger partial charge is 0.357 e. The fourth-order valence-electron chi connectivity index (χ4n) is 1.44. The molecule has 2 heterocycles. The van der Waals surface area contributed by atoms with E-state index in [-0.39, 0.29) is 0 Å². The standard InChI is InChI=1S/C10H11N3O2/c1-3-15-10(14)8-7-4-5-13(2)9(7)12-6-11-8/h4-6H,3H2,1-2H3. The van der Waals surface area contributed by atoms with Gasteiger partial charge in [-0.1, -0.05) is 0 Å². The fourth-order valence-corrected chi connectivity index (χ4v) is 1.44. The normalized spacial score (nSPS) is 10.5. The summed E-state index contributed by atoms with van der Waals surface area (Å²) in [4.78, 5) is 19.6. The lowest BCUT2D eigenvalue weighted by atomic mass is 10.3. The highest BCUT2D eigenvalue weighted by atomic mass is 16.5. The summed E-state index contributed by atoms with van der Waals surface area (Å²) in [7, 11) is 1.87. The van der Waals surface area contributed by atoms with E-state index in [4.69, 9.17) is 4.74 Å². The molecule has 2 aromatic rings. The predicted octanol–water partition coefficient (Wildman–Crippen LogP) is 1.14. The monoisotopic (exact) mass is 205 g/mol. The molecule has 0 radical (unpaired) electrons. The van der Waals surface area contributed by atoms with Gasteiger partial charge < -0.3 is 9.30 Å². The quantitative estimate of drug-likeness (QED) is 0.690. The van der Waals surface area contributed by atoms with Crippen molar-refractivity contribution in [1.82, 2.24) is 14.5 Å². The molecule has 0 N–H and O–H groups in total. The van der Waals surface area contributed by atoms with E-state index in [0.717, 1.165) is 11.0 Å². The molecule has 2 aromatic heterocycles. The number of carbonyl (C=O) groups excluding carboxylic acids is 1. The molecule has 0 saturated carbocycles. The van der Waals surface area contributed by atoms with Gasteiger partial charge in [0.1, 0.15) is 12.0 Å². The van der Waals surface area contributed by atoms with Crippen LogP contribution in [0, 0.1) is 0 Å². The highest BCUT2D eigenvalue weighted by Crippen LogP contribution is 2.15. The number of aromatic nitrogens is 3. The largest absolute Gasteiger partial charge is 0.461 e. The number of fused-ring (bicyclic) bond motifs is 1. The molecule has 0 aliphatic heterocycles. The molecular weight excluding hydrogens is 194 g/mol. The number of rotatable bonds is 2. The van der Waals surface area contributed by atoms with Crippen LogP contribution in [-0.4, -0.2) is 27.1 Å². The molecule has 15 heavy (non-hydrogen) atoms. The summed E-state index contributed by atoms with van der Waals surface area (Å²) in [6.07, 6.45) is 3.21. The molecule has 0 aliphatic carbocycles. The third-order valence-corrected chi connectivity index (χ3v) is 2.13. The molecule has 0 bridgehead atoms. The predicted molar refractivity (Wildman–Crippen MR) is 54.5 cm³/mol. The van der Waals surface area contributed by atoms with Crippen molar-refractivity contribution in [1.29, 1.82) is 0 Å². The van der Waals surface area contributed by atoms with Crippen molar-refractivity contribution >= 4 is 17.0 Å². The lowest BCUT2D eigenvalue weighted by Gasteiger charge is -2.01. The molecule has 5 nitrogen and oxygen atoms in total. The van der Waals surface area contributed by atoms with Gasteiger partial charge in [-0.25, -0.2) is 14.8 Å². The number of hydrogen-bond donors (Lipinski definition) is 0. The Bertz CT molecular complexity index is 504. The Labute approximate surface area is 86.7 Å². The molecule has 78 valence electrons. The number of carbonyl (C=O) groups is 1. The van der Waals surface area contributed by atoms with Gasteiger partial charge in [-0.15, -0.1) is 0 Å². The van der Waals surface area contributed by atoms with Crippen molar-refractivity contribution in [2.75, 3.05) is 6.61 Å². The van der Waals surface area contributed by atoms with E-state index >= 15 is 0 Å². The minimum absolute atomic E-state index is 0.322. The average Bonchev–Trinajstić information content (AvgIpc) is 2.61. The summed E-state index contributed by atoms with van der Waals surface area (Å²) in [5.41, 5.74) is 1.05. The van der Waals surface area contributed by atoms with E-state index in [1.165, 1.54) is 6.33 Å². The van der Waals surface area contributed by atoms with Gasteiger partial charge in [-0.05, 0) is 13.0 Å². The van der Waals surface area contributed by atoms with Crippen LogP contribution in [0.3, 0.4) is 0 Å². The maximum Gasteiger partial charge on any atom is 0.357 e. The van der Waals surface area contributed by atoms with Crippen LogP contribution in [0.4, 0.5) is 0 Å². The van der Waals surface area contributed by atoms with Gasteiger partial charge >= 0.3 is 5.97 Å². The molecule has 0 fully saturated rings. The molecule has 2 rings (SSSR count). The first-order valence-corrected chi connectivity index (χ1v) is 4.67. The van der Waals surface area contributed by atoms with Gasteiger partial charge in [0.25, 0.3) is 0 Å². The number of aryl methyl sites for hydroxylation is 1. The first-order chi connectivity index (χ1) is 7.24. The van der Waals surface area contributed by atoms with E-state index in [2.05, 4.69) is 9.97 Å². The lowest BCUT2D eigenvalue weighted by molar-refractivity contribution is 0.0522. The van der Waals surface area contributed by atoms with Crippen molar-refractivity contribution < 1.29 is 9.53 Å². The average molecular weight is 205 g/mol. The summed E-state index contributed by atoms with van der Waals surface area (Å²) < 4.78 is 6.74. The zero-order valence-electron chi connectivity index (χ0n) is 8.60. The van der Waals surface area contributed by atoms with Crippen LogP contribution >= 0.6 is 0 Å². The lowest BCUT2D eigenvalue weighted by Crippen LogP contribution is -2.08. The molecule has 0 atom stereocenters. The van der Waals surface area contributed by atoms with Crippen molar-refractivity contribution in [2.45, 2.75) is 6.92 Å². The van der Waals surface area contributed by atoms with Gasteiger partial charge in [-0.2, -0.15) is 0 Å². The second kappa shape index (κ2) is 3.68. The summed E-state index contributed by atoms with van der Waals surface area (Å²) in [6, 6.07) is 1.81. The van der Waals surface area contributed by atoms with Crippen molar-refractivity contribution in [3.05, 3.63) is 24.3 Å². The highest BCUT2D eigenvalue weighted by molar-refractivity contribution is 6.00. The topological polar surface area (TPSA) is 57.0 Å². The molecule has 0 unspecified atom stereocenters. The first kappa shape index (κ1) is 9.64. The van der Waals surface area contributed by atoms with Crippen LogP contribution in [0.2, 0.25) is 0 Å². The van der Waals surface area contributed by atoms with E-state index in [9.17, 15) is 4.79 Å². The molecule has 5 heteroatoms. The van der Waals surface area contributed by atoms with Gasteiger partial charge in [0.05, 0.1) is 12.0 Å². The summed E-state index contributed by atoms with van der Waals surface area (Å²) in [5, 5.41) is 0.721. The van der Waals surface area contributed by atoms with Crippen LogP contribution in [-0.2, 0) is 11.8 Å². The fraction of sp³-hybridized carbons (Fsp3) is 0.300. The summed E-state index contributed by atoms with van der Waals surface area (Å²) >= 11 is 0. The zero-order valence-corrected chi connectivity index (χ0v) is 8.60. The van der Waals surface area contributed by atoms with Gasteiger partial charge in [0.15, 0.2) is 5.69 Å². The SMILES string of the molecule is CCOC(=O)c1ncnc2c1ccn2C. The third-order valence-electron chi connectivity index (χ3n) is 2.13. The van der Waals surface area contributed by atoms with Gasteiger partial charge in [0.2, 0.25) is 0 Å². The maximum absolute atomic E-state index is 11.5. The molecule has 0 spiro atoms. The van der Waals surface area contributed by atoms with Crippen molar-refractivity contribution in [3.8, 4) is 0 Å². The van der Waals surface area contributed by atoms with Crippen LogP contribution in [0.1, 0.15) is 17.4 Å². The molecule has 0 saturated heterocycles. The molecule has 0 aliphatic rings. The Hall–Kier alpha value is -1.91. The van der Waals surface area contributed by atoms with Crippen LogP contribution in [0.5, 0.6) is 0 Å². The van der Waals surface area contributed by atoms with Crippen LogP contribution < -0.4 is 0 Å². The second-order valence-corrected chi connectivity index (χ2v) is 3.11. The summed E-state index contributed by atoms with van der Waals surface area (Å²) in [6.45, 7) is 2.11. The van der Waals surface area contributed by atoms with E-state index < -0.39 is 5.97 Å². The number of hydrogen-bond acceptors (Lipinski definition) is 4. The number of nitrogens with zero attached hydrogens (tertiary/aromatic N) is 3. The highest BCUT2D eigenvalue weighted by Gasteiger charge is 2.14. The van der Waals surface area contributed by atoms with Gasteiger partial charge in [-0.3, -0.25) is 0 Å². The molecule has 0 amide bonds. The van der Waals surface area contributed by atoms with E-state index in [1.807, 2.05) is 23.9 Å². The number of esters is 1. The second-order valence-electron chi connectivity index (χ2n) is 3.11. The minimum Gasteiger partial charge on any atom is -0.461 e. The van der Waals surface area contributed by atoms with Crippen molar-refractivity contribution in [2.24, 2.45) is 7.05 Å². The Balaban J connectivity index is 2.56. The maximum atomic E-state index is 11.5. The van der Waals surface area contributed by atoms with E-state index in [1.54, 1.807) is 6.92 Å². The Morgan fingerprint density at radius 1 is 1.53 bits per heavy atom. The molecular formula is C10H11N3O2. The molecule has 0 aromatic carbocycles. The third kappa shape index (κ3) is 1.56. The number of ether oxygens (including phenoxy) is 1.